The smallest absolute Gasteiger partial charge is 0.250 e. The second-order valence-corrected chi connectivity index (χ2v) is 10.2. The molecule has 3 aromatic carbocycles. The number of rotatable bonds is 10. The van der Waals surface area contributed by atoms with Gasteiger partial charge in [0.15, 0.2) is 11.0 Å². The minimum atomic E-state index is -0.282. The van der Waals surface area contributed by atoms with Crippen LogP contribution < -0.4 is 10.2 Å². The molecular formula is C32H26N8O2S. The summed E-state index contributed by atoms with van der Waals surface area (Å²) in [6.07, 6.45) is 6.90. The lowest BCUT2D eigenvalue weighted by atomic mass is 10.1. The van der Waals surface area contributed by atoms with E-state index in [9.17, 15) is 4.79 Å². The molecule has 0 aliphatic heterocycles. The lowest BCUT2D eigenvalue weighted by Crippen LogP contribution is -2.20. The van der Waals surface area contributed by atoms with Crippen LogP contribution in [-0.2, 0) is 4.79 Å². The van der Waals surface area contributed by atoms with Crippen molar-refractivity contribution in [1.29, 1.82) is 0 Å². The van der Waals surface area contributed by atoms with E-state index < -0.39 is 0 Å². The summed E-state index contributed by atoms with van der Waals surface area (Å²) in [5, 5.41) is 18.4. The first-order valence-corrected chi connectivity index (χ1v) is 14.3. The van der Waals surface area contributed by atoms with Crippen molar-refractivity contribution in [2.24, 2.45) is 5.10 Å². The number of aromatic nitrogens is 6. The summed E-state index contributed by atoms with van der Waals surface area (Å²) < 4.78 is 9.01. The van der Waals surface area contributed by atoms with E-state index in [0.717, 1.165) is 39.5 Å². The maximum atomic E-state index is 12.8. The summed E-state index contributed by atoms with van der Waals surface area (Å²) in [6.45, 7) is 0. The van der Waals surface area contributed by atoms with Crippen LogP contribution in [0.5, 0.6) is 5.75 Å². The molecule has 0 spiro atoms. The monoisotopic (exact) mass is 586 g/mol. The zero-order valence-corrected chi connectivity index (χ0v) is 23.9. The molecule has 6 aromatic rings. The van der Waals surface area contributed by atoms with Crippen LogP contribution in [0.1, 0.15) is 5.56 Å². The van der Waals surface area contributed by atoms with Gasteiger partial charge in [0.05, 0.1) is 24.8 Å². The molecule has 6 rings (SSSR count). The molecule has 3 aromatic heterocycles. The van der Waals surface area contributed by atoms with Gasteiger partial charge in [-0.15, -0.1) is 10.2 Å². The highest BCUT2D eigenvalue weighted by molar-refractivity contribution is 7.99. The third kappa shape index (κ3) is 6.36. The topological polar surface area (TPSA) is 112 Å². The molecule has 3 heterocycles. The van der Waals surface area contributed by atoms with E-state index in [0.29, 0.717) is 11.0 Å². The molecule has 212 valence electrons. The first-order valence-electron chi connectivity index (χ1n) is 13.3. The average molecular weight is 587 g/mol. The van der Waals surface area contributed by atoms with Gasteiger partial charge < -0.3 is 4.74 Å². The number of carbonyl (C=O) groups excluding carboxylic acids is 1. The predicted octanol–water partition coefficient (Wildman–Crippen LogP) is 5.43. The van der Waals surface area contributed by atoms with Crippen molar-refractivity contribution in [2.45, 2.75) is 5.16 Å². The number of amides is 1. The van der Waals surface area contributed by atoms with Gasteiger partial charge in [0, 0.05) is 41.0 Å². The van der Waals surface area contributed by atoms with Crippen molar-refractivity contribution in [2.75, 3.05) is 12.9 Å². The molecule has 0 radical (unpaired) electrons. The molecule has 11 heteroatoms. The van der Waals surface area contributed by atoms with E-state index in [2.05, 4.69) is 25.7 Å². The van der Waals surface area contributed by atoms with Crippen molar-refractivity contribution in [1.82, 2.24) is 35.0 Å². The Morgan fingerprint density at radius 2 is 1.58 bits per heavy atom. The summed E-state index contributed by atoms with van der Waals surface area (Å²) in [6, 6.07) is 31.0. The Morgan fingerprint density at radius 3 is 2.28 bits per heavy atom. The molecule has 43 heavy (non-hydrogen) atoms. The van der Waals surface area contributed by atoms with Crippen molar-refractivity contribution in [3.63, 3.8) is 0 Å². The zero-order chi connectivity index (χ0) is 29.4. The summed E-state index contributed by atoms with van der Waals surface area (Å²) >= 11 is 1.28. The van der Waals surface area contributed by atoms with E-state index in [1.807, 2.05) is 108 Å². The number of hydrogen-bond acceptors (Lipinski definition) is 8. The molecule has 10 nitrogen and oxygen atoms in total. The summed E-state index contributed by atoms with van der Waals surface area (Å²) in [7, 11) is 1.63. The highest BCUT2D eigenvalue weighted by atomic mass is 32.2. The molecule has 0 unspecified atom stereocenters. The summed E-state index contributed by atoms with van der Waals surface area (Å²) in [5.41, 5.74) is 7.66. The number of para-hydroxylation sites is 2. The highest BCUT2D eigenvalue weighted by Crippen LogP contribution is 2.28. The molecule has 0 aliphatic carbocycles. The number of nitrogens with one attached hydrogen (secondary N) is 1. The van der Waals surface area contributed by atoms with Crippen LogP contribution in [0.25, 0.3) is 34.0 Å². The molecule has 0 bridgehead atoms. The van der Waals surface area contributed by atoms with E-state index in [1.54, 1.807) is 30.4 Å². The van der Waals surface area contributed by atoms with Gasteiger partial charge in [-0.25, -0.2) is 10.1 Å². The SMILES string of the molecule is COc1ccc(-c2nn(-c3ccccc3)cc2/C=N\NC(=O)CSc2nnc(-c3ccncc3)n2-c2ccccc2)cc1. The van der Waals surface area contributed by atoms with E-state index >= 15 is 0 Å². The third-order valence-corrected chi connectivity index (χ3v) is 7.37. The molecule has 0 saturated carbocycles. The lowest BCUT2D eigenvalue weighted by Gasteiger charge is -2.10. The maximum absolute atomic E-state index is 12.8. The molecule has 0 atom stereocenters. The van der Waals surface area contributed by atoms with E-state index in [1.165, 1.54) is 11.8 Å². The number of pyridine rings is 1. The predicted molar refractivity (Wildman–Crippen MR) is 167 cm³/mol. The standard InChI is InChI=1S/C32H26N8O2S/c1-42-28-14-12-23(13-15-28)30-25(21-39(38-30)26-8-4-2-5-9-26)20-34-35-29(41)22-43-32-37-36-31(24-16-18-33-19-17-24)40(32)27-10-6-3-7-11-27/h2-21H,22H2,1H3,(H,35,41)/b34-20-. The Morgan fingerprint density at radius 1 is 0.884 bits per heavy atom. The fraction of sp³-hybridized carbons (Fsp3) is 0.0625. The molecule has 1 amide bonds. The van der Waals surface area contributed by atoms with Crippen molar-refractivity contribution < 1.29 is 9.53 Å². The van der Waals surface area contributed by atoms with Gasteiger partial charge in [0.25, 0.3) is 5.91 Å². The largest absolute Gasteiger partial charge is 0.497 e. The molecule has 0 saturated heterocycles. The molecule has 0 fully saturated rings. The highest BCUT2D eigenvalue weighted by Gasteiger charge is 2.17. The third-order valence-electron chi connectivity index (χ3n) is 6.44. The van der Waals surface area contributed by atoms with Gasteiger partial charge in [-0.3, -0.25) is 14.3 Å². The zero-order valence-electron chi connectivity index (χ0n) is 23.1. The Balaban J connectivity index is 1.19. The van der Waals surface area contributed by atoms with Gasteiger partial charge in [0.2, 0.25) is 0 Å². The van der Waals surface area contributed by atoms with Crippen molar-refractivity contribution in [3.8, 4) is 39.8 Å². The Hall–Kier alpha value is -5.55. The Labute approximate surface area is 252 Å². The number of thioether (sulfide) groups is 1. The molecule has 0 aliphatic rings. The first-order chi connectivity index (χ1) is 21.2. The quantitative estimate of drug-likeness (QED) is 0.129. The van der Waals surface area contributed by atoms with E-state index in [4.69, 9.17) is 9.84 Å². The van der Waals surface area contributed by atoms with Crippen LogP contribution in [0.2, 0.25) is 0 Å². The Bertz CT molecular complexity index is 1840. The van der Waals surface area contributed by atoms with E-state index in [-0.39, 0.29) is 11.7 Å². The number of hydrazone groups is 1. The number of benzene rings is 3. The van der Waals surface area contributed by atoms with Crippen LogP contribution in [0, 0.1) is 0 Å². The second kappa shape index (κ2) is 13.0. The van der Waals surface area contributed by atoms with Crippen LogP contribution in [0.4, 0.5) is 0 Å². The summed E-state index contributed by atoms with van der Waals surface area (Å²) in [5.74, 6) is 1.22. The molecular weight excluding hydrogens is 560 g/mol. The number of nitrogens with zero attached hydrogens (tertiary/aromatic N) is 7. The van der Waals surface area contributed by atoms with Crippen molar-refractivity contribution >= 4 is 23.9 Å². The number of methoxy groups -OCH3 is 1. The summed E-state index contributed by atoms with van der Waals surface area (Å²) in [4.78, 5) is 16.9. The van der Waals surface area contributed by atoms with Gasteiger partial charge in [-0.05, 0) is 60.7 Å². The lowest BCUT2D eigenvalue weighted by molar-refractivity contribution is -0.118. The fourth-order valence-corrected chi connectivity index (χ4v) is 5.11. The average Bonchev–Trinajstić information content (AvgIpc) is 3.70. The fourth-order valence-electron chi connectivity index (χ4n) is 4.37. The first kappa shape index (κ1) is 27.6. The van der Waals surface area contributed by atoms with Crippen LogP contribution in [-0.4, -0.2) is 54.5 Å². The maximum Gasteiger partial charge on any atom is 0.250 e. The van der Waals surface area contributed by atoms with Crippen molar-refractivity contribution in [3.05, 3.63) is 121 Å². The number of carbonyl (C=O) groups is 1. The second-order valence-electron chi connectivity index (χ2n) is 9.24. The van der Waals surface area contributed by atoms with Gasteiger partial charge >= 0.3 is 0 Å². The Kier molecular flexibility index (Phi) is 8.32. The van der Waals surface area contributed by atoms with Gasteiger partial charge in [-0.1, -0.05) is 48.2 Å². The van der Waals surface area contributed by atoms with Crippen LogP contribution in [0.3, 0.4) is 0 Å². The van der Waals surface area contributed by atoms with Gasteiger partial charge in [0.1, 0.15) is 11.4 Å². The number of hydrogen-bond donors (Lipinski definition) is 1. The van der Waals surface area contributed by atoms with Crippen LogP contribution >= 0.6 is 11.8 Å². The van der Waals surface area contributed by atoms with Crippen LogP contribution in [0.15, 0.2) is 126 Å². The minimum Gasteiger partial charge on any atom is -0.497 e. The molecule has 1 N–H and O–H groups in total. The number of ether oxygens (including phenoxy) is 1. The normalized spacial score (nSPS) is 11.1. The van der Waals surface area contributed by atoms with Gasteiger partial charge in [-0.2, -0.15) is 10.2 Å². The minimum absolute atomic E-state index is 0.0905.